The highest BCUT2D eigenvalue weighted by molar-refractivity contribution is 6.21. The molecule has 0 aromatic rings. The minimum Gasteiger partial charge on any atom is -0.315 e. The first-order valence-corrected chi connectivity index (χ1v) is 8.03. The third-order valence-corrected chi connectivity index (χ3v) is 5.70. The quantitative estimate of drug-likeness (QED) is 0.679. The number of hydrogen-bond donors (Lipinski definition) is 1. The molecule has 1 N–H and O–H groups in total. The van der Waals surface area contributed by atoms with Crippen LogP contribution in [0.5, 0.6) is 0 Å². The van der Waals surface area contributed by atoms with Crippen LogP contribution in [-0.4, -0.2) is 18.5 Å². The molecule has 0 spiro atoms. The first-order chi connectivity index (χ1) is 8.24. The van der Waals surface area contributed by atoms with Crippen LogP contribution in [0.25, 0.3) is 0 Å². The number of alkyl halides is 1. The lowest BCUT2D eigenvalue weighted by atomic mass is 9.89. The van der Waals surface area contributed by atoms with Crippen molar-refractivity contribution < 1.29 is 0 Å². The van der Waals surface area contributed by atoms with Gasteiger partial charge in [0.1, 0.15) is 0 Å². The lowest BCUT2D eigenvalue weighted by Gasteiger charge is -2.24. The van der Waals surface area contributed by atoms with Crippen molar-refractivity contribution >= 4 is 11.6 Å². The van der Waals surface area contributed by atoms with E-state index in [9.17, 15) is 0 Å². The second-order valence-corrected chi connectivity index (χ2v) is 6.75. The molecule has 1 nitrogen and oxygen atoms in total. The number of hydrogen-bond acceptors (Lipinski definition) is 1. The Bertz CT molecular complexity index is 227. The third kappa shape index (κ3) is 3.38. The van der Waals surface area contributed by atoms with Crippen molar-refractivity contribution in [2.75, 3.05) is 13.1 Å². The van der Waals surface area contributed by atoms with Crippen LogP contribution in [0.4, 0.5) is 0 Å². The van der Waals surface area contributed by atoms with E-state index >= 15 is 0 Å². The molecule has 0 saturated heterocycles. The van der Waals surface area contributed by atoms with Gasteiger partial charge in [0.25, 0.3) is 0 Å². The molecule has 2 heteroatoms. The van der Waals surface area contributed by atoms with E-state index in [-0.39, 0.29) is 0 Å². The van der Waals surface area contributed by atoms with Gasteiger partial charge in [0, 0.05) is 11.9 Å². The first kappa shape index (κ1) is 13.7. The maximum absolute atomic E-state index is 6.45. The van der Waals surface area contributed by atoms with E-state index < -0.39 is 0 Å². The molecule has 100 valence electrons. The molecule has 2 aliphatic carbocycles. The van der Waals surface area contributed by atoms with Gasteiger partial charge in [0.15, 0.2) is 0 Å². The van der Waals surface area contributed by atoms with E-state index in [1.54, 1.807) is 0 Å². The highest BCUT2D eigenvalue weighted by atomic mass is 35.5. The van der Waals surface area contributed by atoms with Crippen LogP contribution in [0.3, 0.4) is 0 Å². The van der Waals surface area contributed by atoms with Crippen LogP contribution < -0.4 is 5.32 Å². The van der Waals surface area contributed by atoms with Gasteiger partial charge in [-0.25, -0.2) is 0 Å². The summed E-state index contributed by atoms with van der Waals surface area (Å²) in [5, 5.41) is 3.95. The van der Waals surface area contributed by atoms with Crippen LogP contribution in [-0.2, 0) is 0 Å². The van der Waals surface area contributed by atoms with Crippen molar-refractivity contribution in [1.29, 1.82) is 0 Å². The van der Waals surface area contributed by atoms with Crippen LogP contribution >= 0.6 is 11.6 Å². The molecular formula is C15H28ClN. The van der Waals surface area contributed by atoms with E-state index in [1.165, 1.54) is 45.1 Å². The Hall–Kier alpha value is 0.250. The fourth-order valence-corrected chi connectivity index (χ4v) is 4.47. The summed E-state index contributed by atoms with van der Waals surface area (Å²) >= 11 is 6.45. The Morgan fingerprint density at radius 3 is 2.47 bits per heavy atom. The summed E-state index contributed by atoms with van der Waals surface area (Å²) in [6.45, 7) is 6.71. The largest absolute Gasteiger partial charge is 0.315 e. The van der Waals surface area contributed by atoms with Gasteiger partial charge in [-0.05, 0) is 49.5 Å². The van der Waals surface area contributed by atoms with Crippen molar-refractivity contribution in [2.45, 2.75) is 57.7 Å². The summed E-state index contributed by atoms with van der Waals surface area (Å²) in [4.78, 5) is 0. The predicted molar refractivity (Wildman–Crippen MR) is 75.5 cm³/mol. The molecule has 0 radical (unpaired) electrons. The molecule has 0 aliphatic heterocycles. The normalized spacial score (nSPS) is 33.5. The van der Waals surface area contributed by atoms with Crippen molar-refractivity contribution in [3.63, 3.8) is 0 Å². The van der Waals surface area contributed by atoms with E-state index in [0.717, 1.165) is 24.3 Å². The average molecular weight is 258 g/mol. The molecule has 4 unspecified atom stereocenters. The Kier molecular flexibility index (Phi) is 5.17. The summed E-state index contributed by atoms with van der Waals surface area (Å²) in [6.07, 6.45) is 8.42. The van der Waals surface area contributed by atoms with Crippen LogP contribution in [0.2, 0.25) is 0 Å². The van der Waals surface area contributed by atoms with Gasteiger partial charge < -0.3 is 5.32 Å². The summed E-state index contributed by atoms with van der Waals surface area (Å²) in [5.41, 5.74) is 0. The highest BCUT2D eigenvalue weighted by Gasteiger charge is 2.38. The van der Waals surface area contributed by atoms with Gasteiger partial charge >= 0.3 is 0 Å². The summed E-state index contributed by atoms with van der Waals surface area (Å²) in [6, 6.07) is 0. The zero-order chi connectivity index (χ0) is 12.3. The van der Waals surface area contributed by atoms with Crippen molar-refractivity contribution in [1.82, 2.24) is 5.32 Å². The maximum atomic E-state index is 6.45. The minimum absolute atomic E-state index is 0.323. The van der Waals surface area contributed by atoms with Crippen molar-refractivity contribution in [3.05, 3.63) is 0 Å². The molecule has 2 saturated carbocycles. The van der Waals surface area contributed by atoms with E-state index in [0.29, 0.717) is 11.3 Å². The van der Waals surface area contributed by atoms with E-state index in [1.807, 2.05) is 0 Å². The van der Waals surface area contributed by atoms with Crippen LogP contribution in [0, 0.1) is 23.7 Å². The number of halogens is 1. The van der Waals surface area contributed by atoms with Gasteiger partial charge in [-0.15, -0.1) is 11.6 Å². The smallest absolute Gasteiger partial charge is 0.0488 e. The van der Waals surface area contributed by atoms with Crippen LogP contribution in [0.15, 0.2) is 0 Å². The molecular weight excluding hydrogens is 230 g/mol. The lowest BCUT2D eigenvalue weighted by Crippen LogP contribution is -2.33. The monoisotopic (exact) mass is 257 g/mol. The Morgan fingerprint density at radius 2 is 1.94 bits per heavy atom. The second-order valence-electron chi connectivity index (χ2n) is 6.19. The molecule has 0 aromatic carbocycles. The van der Waals surface area contributed by atoms with Gasteiger partial charge in [-0.3, -0.25) is 0 Å². The molecule has 2 bridgehead atoms. The van der Waals surface area contributed by atoms with Crippen LogP contribution in [0.1, 0.15) is 52.4 Å². The molecule has 2 aliphatic rings. The molecule has 0 amide bonds. The average Bonchev–Trinajstić information content (AvgIpc) is 2.92. The molecule has 0 aromatic heterocycles. The Balaban J connectivity index is 1.62. The fourth-order valence-electron chi connectivity index (χ4n) is 4.00. The van der Waals surface area contributed by atoms with E-state index in [4.69, 9.17) is 11.6 Å². The van der Waals surface area contributed by atoms with Gasteiger partial charge in [0.2, 0.25) is 0 Å². The SMILES string of the molecule is CCC(CC)C(Cl)CNCC1CC2CCC1C2. The summed E-state index contributed by atoms with van der Waals surface area (Å²) in [5.74, 6) is 3.75. The molecule has 17 heavy (non-hydrogen) atoms. The number of nitrogens with one attached hydrogen (secondary N) is 1. The fraction of sp³-hybridized carbons (Fsp3) is 1.00. The lowest BCUT2D eigenvalue weighted by molar-refractivity contribution is 0.314. The van der Waals surface area contributed by atoms with Crippen molar-refractivity contribution in [3.8, 4) is 0 Å². The molecule has 2 fully saturated rings. The van der Waals surface area contributed by atoms with Gasteiger partial charge in [0.05, 0.1) is 0 Å². The maximum Gasteiger partial charge on any atom is 0.0488 e. The zero-order valence-corrected chi connectivity index (χ0v) is 12.2. The summed E-state index contributed by atoms with van der Waals surface area (Å²) in [7, 11) is 0. The number of rotatable bonds is 7. The second kappa shape index (κ2) is 6.43. The first-order valence-electron chi connectivity index (χ1n) is 7.59. The zero-order valence-electron chi connectivity index (χ0n) is 11.4. The third-order valence-electron chi connectivity index (χ3n) is 5.19. The summed E-state index contributed by atoms with van der Waals surface area (Å²) < 4.78 is 0. The minimum atomic E-state index is 0.323. The molecule has 2 rings (SSSR count). The highest BCUT2D eigenvalue weighted by Crippen LogP contribution is 2.47. The standard InChI is InChI=1S/C15H28ClN/c1-3-12(4-2)15(16)10-17-9-14-8-11-5-6-13(14)7-11/h11-15,17H,3-10H2,1-2H3. The molecule has 0 heterocycles. The topological polar surface area (TPSA) is 12.0 Å². The van der Waals surface area contributed by atoms with E-state index in [2.05, 4.69) is 19.2 Å². The Labute approximate surface area is 112 Å². The molecule has 4 atom stereocenters. The number of fused-ring (bicyclic) bond motifs is 2. The van der Waals surface area contributed by atoms with Crippen molar-refractivity contribution in [2.24, 2.45) is 23.7 Å². The Morgan fingerprint density at radius 1 is 1.18 bits per heavy atom. The van der Waals surface area contributed by atoms with Gasteiger partial charge in [-0.2, -0.15) is 0 Å². The van der Waals surface area contributed by atoms with Gasteiger partial charge in [-0.1, -0.05) is 33.1 Å². The predicted octanol–water partition coefficient (Wildman–Crippen LogP) is 4.06.